The quantitative estimate of drug-likeness (QED) is 0.503. The van der Waals surface area contributed by atoms with E-state index >= 15 is 0 Å². The van der Waals surface area contributed by atoms with Crippen LogP contribution in [0.25, 0.3) is 0 Å². The minimum atomic E-state index is 0. The molecule has 7 heavy (non-hydrogen) atoms. The molecule has 0 bridgehead atoms. The summed E-state index contributed by atoms with van der Waals surface area (Å²) in [5.41, 5.74) is 0. The van der Waals surface area contributed by atoms with E-state index in [1.807, 2.05) is 0 Å². The van der Waals surface area contributed by atoms with Crippen LogP contribution >= 0.6 is 0 Å². The average Bonchev–Trinajstić information content (AvgIpc) is 0. The van der Waals surface area contributed by atoms with Crippen molar-refractivity contribution in [1.82, 2.24) is 0 Å². The van der Waals surface area contributed by atoms with E-state index in [0.717, 1.165) is 0 Å². The fourth-order valence-electron chi connectivity index (χ4n) is 0. The maximum absolute atomic E-state index is 0. The third-order valence-corrected chi connectivity index (χ3v) is 0. The van der Waals surface area contributed by atoms with Crippen molar-refractivity contribution >= 4 is 34.7 Å². The Labute approximate surface area is 114 Å². The smallest absolute Gasteiger partial charge is 2.00 e. The topological polar surface area (TPSA) is 85.5 Å². The molecule has 2 radical (unpaired) electrons. The molecule has 0 saturated heterocycles. The first-order valence-corrected chi connectivity index (χ1v) is 0. The van der Waals surface area contributed by atoms with Crippen LogP contribution in [0.15, 0.2) is 0 Å². The normalized spacial score (nSPS) is 0. The molecule has 0 N–H and O–H groups in total. The molecular formula is Al2O3Y2. The van der Waals surface area contributed by atoms with Crippen molar-refractivity contribution in [3.63, 3.8) is 0 Å². The van der Waals surface area contributed by atoms with Crippen molar-refractivity contribution in [2.45, 2.75) is 0 Å². The van der Waals surface area contributed by atoms with Crippen molar-refractivity contribution in [1.29, 1.82) is 0 Å². The molecular weight excluding hydrogens is 280 g/mol. The molecule has 0 spiro atoms. The van der Waals surface area contributed by atoms with Gasteiger partial charge >= 0.3 is 34.7 Å². The van der Waals surface area contributed by atoms with Gasteiger partial charge in [0.15, 0.2) is 0 Å². The Morgan fingerprint density at radius 2 is 0.429 bits per heavy atom. The van der Waals surface area contributed by atoms with Gasteiger partial charge in [-0.1, -0.05) is 0 Å². The van der Waals surface area contributed by atoms with Gasteiger partial charge in [-0.15, -0.1) is 0 Å². The first-order valence-electron chi connectivity index (χ1n) is 0. The Morgan fingerprint density at radius 1 is 0.429 bits per heavy atom. The van der Waals surface area contributed by atoms with E-state index < -0.39 is 0 Å². The molecule has 0 aliphatic carbocycles. The molecule has 0 aromatic heterocycles. The average molecular weight is 280 g/mol. The molecule has 0 aliphatic rings. The zero-order chi connectivity index (χ0) is 0. The molecule has 0 fully saturated rings. The number of hydrogen-bond acceptors (Lipinski definition) is 0. The standard InChI is InChI=1S/2Al.3O.2Y/q2*+3;3*-2;;. The van der Waals surface area contributed by atoms with Gasteiger partial charge in [0.25, 0.3) is 0 Å². The molecule has 3 nitrogen and oxygen atoms in total. The van der Waals surface area contributed by atoms with E-state index in [9.17, 15) is 0 Å². The Morgan fingerprint density at radius 3 is 0.429 bits per heavy atom. The van der Waals surface area contributed by atoms with E-state index in [4.69, 9.17) is 0 Å². The van der Waals surface area contributed by atoms with Gasteiger partial charge in [-0.2, -0.15) is 0 Å². The summed E-state index contributed by atoms with van der Waals surface area (Å²) < 4.78 is 0. The van der Waals surface area contributed by atoms with Crippen LogP contribution in [-0.4, -0.2) is 34.7 Å². The van der Waals surface area contributed by atoms with Crippen LogP contribution in [0.5, 0.6) is 0 Å². The van der Waals surface area contributed by atoms with Crippen LogP contribution in [0.4, 0.5) is 0 Å². The van der Waals surface area contributed by atoms with Gasteiger partial charge in [0.05, 0.1) is 0 Å². The number of rotatable bonds is 0. The summed E-state index contributed by atoms with van der Waals surface area (Å²) in [4.78, 5) is 0. The second kappa shape index (κ2) is 61.2. The van der Waals surface area contributed by atoms with Crippen molar-refractivity contribution in [3.05, 3.63) is 0 Å². The molecule has 30 valence electrons. The zero-order valence-corrected chi connectivity index (χ0v) is 11.5. The Hall–Kier alpha value is 3.15. The largest absolute Gasteiger partial charge is 3.00 e. The van der Waals surface area contributed by atoms with E-state index in [1.54, 1.807) is 0 Å². The van der Waals surface area contributed by atoms with Gasteiger partial charge in [0, 0.05) is 65.4 Å². The second-order valence-corrected chi connectivity index (χ2v) is 0. The predicted molar refractivity (Wildman–Crippen MR) is 13.6 cm³/mol. The van der Waals surface area contributed by atoms with Crippen molar-refractivity contribution in [3.8, 4) is 0 Å². The SMILES string of the molecule is [Al+3].[Al+3].[O-2].[O-2].[O-2].[Y].[Y]. The third kappa shape index (κ3) is 47.1. The minimum Gasteiger partial charge on any atom is -2.00 e. The maximum atomic E-state index is 0. The summed E-state index contributed by atoms with van der Waals surface area (Å²) in [7, 11) is 0. The zero-order valence-electron chi connectivity index (χ0n) is 3.53. The second-order valence-electron chi connectivity index (χ2n) is 0. The Balaban J connectivity index is 0. The van der Waals surface area contributed by atoms with Crippen molar-refractivity contribution in [2.24, 2.45) is 0 Å². The molecule has 0 aliphatic heterocycles. The van der Waals surface area contributed by atoms with Gasteiger partial charge < -0.3 is 16.4 Å². The van der Waals surface area contributed by atoms with Gasteiger partial charge in [-0.3, -0.25) is 0 Å². The van der Waals surface area contributed by atoms with Gasteiger partial charge in [-0.05, 0) is 0 Å². The molecule has 0 aromatic carbocycles. The van der Waals surface area contributed by atoms with Gasteiger partial charge in [-0.25, -0.2) is 0 Å². The maximum Gasteiger partial charge on any atom is 3.00 e. The van der Waals surface area contributed by atoms with Crippen LogP contribution in [0, 0.1) is 0 Å². The summed E-state index contributed by atoms with van der Waals surface area (Å²) >= 11 is 0. The predicted octanol–water partition coefficient (Wildman–Crippen LogP) is -1.12. The van der Waals surface area contributed by atoms with Gasteiger partial charge in [0.1, 0.15) is 0 Å². The van der Waals surface area contributed by atoms with Crippen LogP contribution in [0.3, 0.4) is 0 Å². The van der Waals surface area contributed by atoms with E-state index in [0.29, 0.717) is 0 Å². The van der Waals surface area contributed by atoms with Crippen LogP contribution in [0.1, 0.15) is 0 Å². The summed E-state index contributed by atoms with van der Waals surface area (Å²) in [5, 5.41) is 0. The van der Waals surface area contributed by atoms with Crippen molar-refractivity contribution < 1.29 is 81.8 Å². The molecule has 0 atom stereocenters. The third-order valence-electron chi connectivity index (χ3n) is 0. The fourth-order valence-corrected chi connectivity index (χ4v) is 0. The Bertz CT molecular complexity index is 10.9. The van der Waals surface area contributed by atoms with Crippen LogP contribution in [-0.2, 0) is 81.8 Å². The van der Waals surface area contributed by atoms with Crippen LogP contribution in [0.2, 0.25) is 0 Å². The molecule has 0 aromatic rings. The van der Waals surface area contributed by atoms with Crippen LogP contribution < -0.4 is 0 Å². The summed E-state index contributed by atoms with van der Waals surface area (Å²) in [5.74, 6) is 0. The Kier molecular flexibility index (Phi) is 748. The molecule has 7 heteroatoms. The molecule has 0 heterocycles. The fraction of sp³-hybridized carbons (Fsp3) is 0. The first kappa shape index (κ1) is 85.6. The number of hydrogen-bond donors (Lipinski definition) is 0. The molecule has 0 unspecified atom stereocenters. The molecule has 0 amide bonds. The summed E-state index contributed by atoms with van der Waals surface area (Å²) in [6.45, 7) is 0. The molecule has 0 rings (SSSR count). The van der Waals surface area contributed by atoms with E-state index in [-0.39, 0.29) is 117 Å². The first-order chi connectivity index (χ1) is 0. The summed E-state index contributed by atoms with van der Waals surface area (Å²) in [6.07, 6.45) is 0. The minimum absolute atomic E-state index is 0. The summed E-state index contributed by atoms with van der Waals surface area (Å²) in [6, 6.07) is 0. The van der Waals surface area contributed by atoms with E-state index in [2.05, 4.69) is 0 Å². The molecule has 0 saturated carbocycles. The van der Waals surface area contributed by atoms with Crippen molar-refractivity contribution in [2.75, 3.05) is 0 Å². The van der Waals surface area contributed by atoms with Gasteiger partial charge in [0.2, 0.25) is 0 Å². The monoisotopic (exact) mass is 280 g/mol. The van der Waals surface area contributed by atoms with E-state index in [1.165, 1.54) is 0 Å².